The lowest BCUT2D eigenvalue weighted by molar-refractivity contribution is -0.137. The van der Waals surface area contributed by atoms with Gasteiger partial charge in [-0.25, -0.2) is 14.6 Å². The molecule has 0 radical (unpaired) electrons. The summed E-state index contributed by atoms with van der Waals surface area (Å²) in [4.78, 5) is 19.9. The molecule has 1 fully saturated rings. The SMILES string of the molecule is Cc1nc(-c2nc(C[C@H]3COCCN3)n(CC(=O)O)n2)cs1. The molecule has 2 aromatic heterocycles. The quantitative estimate of drug-likeness (QED) is 0.817. The Kier molecular flexibility index (Phi) is 4.46. The molecule has 118 valence electrons. The van der Waals surface area contributed by atoms with Crippen LogP contribution in [0.1, 0.15) is 10.8 Å². The van der Waals surface area contributed by atoms with Crippen molar-refractivity contribution in [3.05, 3.63) is 16.2 Å². The highest BCUT2D eigenvalue weighted by Crippen LogP contribution is 2.19. The Morgan fingerprint density at radius 1 is 1.59 bits per heavy atom. The van der Waals surface area contributed by atoms with Gasteiger partial charge in [0.25, 0.3) is 0 Å². The summed E-state index contributed by atoms with van der Waals surface area (Å²) >= 11 is 1.51. The number of carboxylic acid groups (broad SMARTS) is 1. The summed E-state index contributed by atoms with van der Waals surface area (Å²) in [6.45, 7) is 3.77. The molecule has 1 aliphatic rings. The molecule has 0 aliphatic carbocycles. The van der Waals surface area contributed by atoms with E-state index in [9.17, 15) is 4.79 Å². The molecule has 2 aromatic rings. The van der Waals surface area contributed by atoms with E-state index in [1.54, 1.807) is 0 Å². The zero-order valence-electron chi connectivity index (χ0n) is 12.2. The molecular weight excluding hydrogens is 306 g/mol. The number of carbonyl (C=O) groups is 1. The Balaban J connectivity index is 1.85. The van der Waals surface area contributed by atoms with Crippen LogP contribution >= 0.6 is 11.3 Å². The smallest absolute Gasteiger partial charge is 0.325 e. The number of nitrogens with one attached hydrogen (secondary N) is 1. The summed E-state index contributed by atoms with van der Waals surface area (Å²) in [5.41, 5.74) is 0.681. The lowest BCUT2D eigenvalue weighted by atomic mass is 10.2. The van der Waals surface area contributed by atoms with Crippen LogP contribution in [0.25, 0.3) is 11.5 Å². The lowest BCUT2D eigenvalue weighted by Gasteiger charge is -2.23. The van der Waals surface area contributed by atoms with Gasteiger partial charge in [0.15, 0.2) is 0 Å². The van der Waals surface area contributed by atoms with Crippen LogP contribution in [0.15, 0.2) is 5.38 Å². The highest BCUT2D eigenvalue weighted by atomic mass is 32.1. The maximum Gasteiger partial charge on any atom is 0.325 e. The van der Waals surface area contributed by atoms with Gasteiger partial charge in [-0.3, -0.25) is 4.79 Å². The predicted molar refractivity (Wildman–Crippen MR) is 79.8 cm³/mol. The van der Waals surface area contributed by atoms with Gasteiger partial charge in [0, 0.05) is 24.4 Å². The number of morpholine rings is 1. The Labute approximate surface area is 131 Å². The van der Waals surface area contributed by atoms with Gasteiger partial charge in [-0.1, -0.05) is 0 Å². The second-order valence-corrected chi connectivity index (χ2v) is 6.15. The lowest BCUT2D eigenvalue weighted by Crippen LogP contribution is -2.43. The first-order chi connectivity index (χ1) is 10.6. The fourth-order valence-electron chi connectivity index (χ4n) is 2.33. The van der Waals surface area contributed by atoms with Crippen molar-refractivity contribution in [2.24, 2.45) is 0 Å². The van der Waals surface area contributed by atoms with Gasteiger partial charge < -0.3 is 15.2 Å². The van der Waals surface area contributed by atoms with Crippen molar-refractivity contribution in [1.82, 2.24) is 25.1 Å². The first-order valence-corrected chi connectivity index (χ1v) is 7.89. The molecule has 22 heavy (non-hydrogen) atoms. The van der Waals surface area contributed by atoms with Gasteiger partial charge in [0.05, 0.1) is 18.2 Å². The third kappa shape index (κ3) is 3.49. The number of rotatable bonds is 5. The van der Waals surface area contributed by atoms with Gasteiger partial charge in [-0.15, -0.1) is 16.4 Å². The van der Waals surface area contributed by atoms with E-state index in [0.29, 0.717) is 37.0 Å². The Morgan fingerprint density at radius 3 is 3.09 bits per heavy atom. The van der Waals surface area contributed by atoms with Crippen molar-refractivity contribution in [3.8, 4) is 11.5 Å². The van der Waals surface area contributed by atoms with Crippen molar-refractivity contribution in [3.63, 3.8) is 0 Å². The molecule has 9 heteroatoms. The minimum absolute atomic E-state index is 0.121. The Morgan fingerprint density at radius 2 is 2.45 bits per heavy atom. The van der Waals surface area contributed by atoms with E-state index in [2.05, 4.69) is 20.4 Å². The molecule has 0 spiro atoms. The zero-order valence-corrected chi connectivity index (χ0v) is 13.0. The fraction of sp³-hybridized carbons (Fsp3) is 0.538. The maximum absolute atomic E-state index is 11.0. The minimum Gasteiger partial charge on any atom is -0.480 e. The fourth-order valence-corrected chi connectivity index (χ4v) is 2.92. The van der Waals surface area contributed by atoms with E-state index in [1.165, 1.54) is 16.0 Å². The van der Waals surface area contributed by atoms with Crippen molar-refractivity contribution in [2.45, 2.75) is 25.9 Å². The monoisotopic (exact) mass is 323 g/mol. The highest BCUT2D eigenvalue weighted by molar-refractivity contribution is 7.09. The molecular formula is C13H17N5O3S. The van der Waals surface area contributed by atoms with Gasteiger partial charge in [0.1, 0.15) is 18.1 Å². The number of ether oxygens (including phenoxy) is 1. The average Bonchev–Trinajstić information content (AvgIpc) is 3.07. The highest BCUT2D eigenvalue weighted by Gasteiger charge is 2.20. The predicted octanol–water partition coefficient (Wildman–Crippen LogP) is 0.326. The van der Waals surface area contributed by atoms with E-state index in [1.807, 2.05) is 12.3 Å². The summed E-state index contributed by atoms with van der Waals surface area (Å²) in [7, 11) is 0. The number of aliphatic carboxylic acids is 1. The molecule has 0 bridgehead atoms. The molecule has 2 N–H and O–H groups in total. The number of thiazole rings is 1. The molecule has 0 amide bonds. The number of aromatic nitrogens is 4. The van der Waals surface area contributed by atoms with Crippen LogP contribution in [0.3, 0.4) is 0 Å². The first kappa shape index (κ1) is 15.1. The van der Waals surface area contributed by atoms with Crippen LogP contribution in [0.5, 0.6) is 0 Å². The van der Waals surface area contributed by atoms with Crippen molar-refractivity contribution < 1.29 is 14.6 Å². The van der Waals surface area contributed by atoms with Crippen molar-refractivity contribution >= 4 is 17.3 Å². The largest absolute Gasteiger partial charge is 0.480 e. The molecule has 0 saturated carbocycles. The molecule has 8 nitrogen and oxygen atoms in total. The Hall–Kier alpha value is -1.84. The van der Waals surface area contributed by atoms with Crippen LogP contribution in [0.2, 0.25) is 0 Å². The second kappa shape index (κ2) is 6.51. The van der Waals surface area contributed by atoms with Crippen molar-refractivity contribution in [1.29, 1.82) is 0 Å². The summed E-state index contributed by atoms with van der Waals surface area (Å²) in [6.07, 6.45) is 0.573. The van der Waals surface area contributed by atoms with Gasteiger partial charge >= 0.3 is 5.97 Å². The third-order valence-electron chi connectivity index (χ3n) is 3.31. The number of carboxylic acids is 1. The molecule has 3 rings (SSSR count). The van der Waals surface area contributed by atoms with Crippen molar-refractivity contribution in [2.75, 3.05) is 19.8 Å². The van der Waals surface area contributed by atoms with Crippen LogP contribution in [-0.4, -0.2) is 56.6 Å². The van der Waals surface area contributed by atoms with Crippen LogP contribution in [0, 0.1) is 6.92 Å². The van der Waals surface area contributed by atoms with Crippen LogP contribution < -0.4 is 5.32 Å². The number of hydrogen-bond donors (Lipinski definition) is 2. The van der Waals surface area contributed by atoms with E-state index in [4.69, 9.17) is 9.84 Å². The van der Waals surface area contributed by atoms with Gasteiger partial charge in [-0.2, -0.15) is 0 Å². The topological polar surface area (TPSA) is 102 Å². The zero-order chi connectivity index (χ0) is 15.5. The number of nitrogens with zero attached hydrogens (tertiary/aromatic N) is 4. The summed E-state index contributed by atoms with van der Waals surface area (Å²) in [6, 6.07) is 0.121. The summed E-state index contributed by atoms with van der Waals surface area (Å²) in [5.74, 6) is 0.156. The summed E-state index contributed by atoms with van der Waals surface area (Å²) < 4.78 is 6.86. The molecule has 1 aliphatic heterocycles. The third-order valence-corrected chi connectivity index (χ3v) is 4.08. The Bertz CT molecular complexity index is 662. The average molecular weight is 323 g/mol. The molecule has 0 aromatic carbocycles. The second-order valence-electron chi connectivity index (χ2n) is 5.08. The van der Waals surface area contributed by atoms with Crippen LogP contribution in [-0.2, 0) is 22.5 Å². The number of hydrogen-bond acceptors (Lipinski definition) is 7. The minimum atomic E-state index is -0.944. The summed E-state index contributed by atoms with van der Waals surface area (Å²) in [5, 5.41) is 19.5. The molecule has 1 saturated heterocycles. The molecule has 0 unspecified atom stereocenters. The van der Waals surface area contributed by atoms with E-state index < -0.39 is 5.97 Å². The van der Waals surface area contributed by atoms with Gasteiger partial charge in [-0.05, 0) is 6.92 Å². The van der Waals surface area contributed by atoms with E-state index >= 15 is 0 Å². The molecule has 1 atom stereocenters. The number of aryl methyl sites for hydroxylation is 1. The first-order valence-electron chi connectivity index (χ1n) is 7.01. The van der Waals surface area contributed by atoms with E-state index in [0.717, 1.165) is 11.6 Å². The standard InChI is InChI=1S/C13H17N5O3S/c1-8-15-10(7-22-8)13-16-11(18(17-13)5-12(19)20)4-9-6-21-3-2-14-9/h7,9,14H,2-6H2,1H3,(H,19,20)/t9-/m0/s1. The van der Waals surface area contributed by atoms with Gasteiger partial charge in [0.2, 0.25) is 5.82 Å². The van der Waals surface area contributed by atoms with E-state index in [-0.39, 0.29) is 12.6 Å². The molecule has 3 heterocycles. The normalized spacial score (nSPS) is 18.5. The van der Waals surface area contributed by atoms with Crippen LogP contribution in [0.4, 0.5) is 0 Å². The maximum atomic E-state index is 11.0.